The highest BCUT2D eigenvalue weighted by molar-refractivity contribution is 7.86. The van der Waals surface area contributed by atoms with Crippen molar-refractivity contribution in [1.82, 2.24) is 19.9 Å². The number of rotatable bonds is 5. The zero-order valence-corrected chi connectivity index (χ0v) is 13.0. The number of hydrogen-bond donors (Lipinski definition) is 1. The molecule has 0 saturated carbocycles. The van der Waals surface area contributed by atoms with Gasteiger partial charge in [-0.15, -0.1) is 10.2 Å². The predicted molar refractivity (Wildman–Crippen MR) is 76.1 cm³/mol. The van der Waals surface area contributed by atoms with Crippen molar-refractivity contribution in [2.45, 2.75) is 44.1 Å². The molecule has 0 radical (unpaired) electrons. The first kappa shape index (κ1) is 15.4. The van der Waals surface area contributed by atoms with Gasteiger partial charge in [0.2, 0.25) is 16.9 Å². The predicted octanol–water partition coefficient (Wildman–Crippen LogP) is 1.29. The van der Waals surface area contributed by atoms with Gasteiger partial charge in [-0.25, -0.2) is 0 Å². The fourth-order valence-corrected chi connectivity index (χ4v) is 2.79. The van der Waals surface area contributed by atoms with Crippen molar-refractivity contribution in [3.8, 4) is 0 Å². The van der Waals surface area contributed by atoms with Crippen LogP contribution in [0.5, 0.6) is 0 Å². The number of nitrogens with zero attached hydrogens (tertiary/aromatic N) is 4. The molecule has 0 aliphatic heterocycles. The van der Waals surface area contributed by atoms with Crippen LogP contribution in [-0.2, 0) is 15.6 Å². The summed E-state index contributed by atoms with van der Waals surface area (Å²) >= 11 is 0. The fourth-order valence-electron chi connectivity index (χ4n) is 1.63. The average molecular weight is 311 g/mol. The van der Waals surface area contributed by atoms with E-state index in [2.05, 4.69) is 20.7 Å². The van der Waals surface area contributed by atoms with Gasteiger partial charge >= 0.3 is 0 Å². The highest BCUT2D eigenvalue weighted by Crippen LogP contribution is 2.15. The Kier molecular flexibility index (Phi) is 4.51. The van der Waals surface area contributed by atoms with Crippen LogP contribution in [-0.4, -0.2) is 35.3 Å². The number of anilines is 1. The third-order valence-electron chi connectivity index (χ3n) is 2.84. The number of nitrogens with one attached hydrogen (secondary N) is 1. The lowest BCUT2D eigenvalue weighted by Gasteiger charge is -2.13. The molecule has 8 nitrogen and oxygen atoms in total. The Morgan fingerprint density at radius 2 is 2.14 bits per heavy atom. The van der Waals surface area contributed by atoms with Crippen molar-refractivity contribution >= 4 is 22.6 Å². The molecule has 0 aromatic carbocycles. The smallest absolute Gasteiger partial charge is 0.242 e. The molecule has 21 heavy (non-hydrogen) atoms. The van der Waals surface area contributed by atoms with E-state index in [0.717, 1.165) is 0 Å². The van der Waals surface area contributed by atoms with Gasteiger partial charge in [0, 0.05) is 12.1 Å². The molecule has 2 unspecified atom stereocenters. The molecular weight excluding hydrogens is 294 g/mol. The molecule has 2 rings (SSSR count). The van der Waals surface area contributed by atoms with Crippen molar-refractivity contribution < 1.29 is 13.5 Å². The van der Waals surface area contributed by atoms with Crippen molar-refractivity contribution in [3.63, 3.8) is 0 Å². The van der Waals surface area contributed by atoms with Gasteiger partial charge in [-0.2, -0.15) is 0 Å². The molecule has 114 valence electrons. The van der Waals surface area contributed by atoms with Crippen LogP contribution in [0.25, 0.3) is 0 Å². The molecule has 0 aliphatic carbocycles. The Bertz CT molecular complexity index is 663. The largest absolute Gasteiger partial charge is 0.338 e. The Hall–Kier alpha value is -2.03. The molecule has 9 heteroatoms. The number of carbonyl (C=O) groups is 1. The first-order valence-corrected chi connectivity index (χ1v) is 7.65. The standard InChI is InChI=1S/C12H17N5O3S/c1-7(2)17-6-13-15-12(17)21(19)9(4)11(18)14-10-5-8(3)16-20-10/h5-7,9H,1-4H3,(H,14,18). The summed E-state index contributed by atoms with van der Waals surface area (Å²) in [5.74, 6) is -0.200. The molecule has 2 atom stereocenters. The second-order valence-electron chi connectivity index (χ2n) is 4.88. The normalized spacial score (nSPS) is 14.1. The minimum absolute atomic E-state index is 0.0612. The zero-order valence-electron chi connectivity index (χ0n) is 12.2. The van der Waals surface area contributed by atoms with Crippen LogP contribution in [0.3, 0.4) is 0 Å². The van der Waals surface area contributed by atoms with Gasteiger partial charge in [-0.3, -0.25) is 14.3 Å². The summed E-state index contributed by atoms with van der Waals surface area (Å²) in [6, 6.07) is 1.65. The van der Waals surface area contributed by atoms with E-state index in [1.807, 2.05) is 13.8 Å². The number of amides is 1. The number of aromatic nitrogens is 4. The second kappa shape index (κ2) is 6.17. The summed E-state index contributed by atoms with van der Waals surface area (Å²) in [5.41, 5.74) is 0.652. The first-order chi connectivity index (χ1) is 9.90. The van der Waals surface area contributed by atoms with Gasteiger partial charge in [-0.1, -0.05) is 5.16 Å². The van der Waals surface area contributed by atoms with Crippen molar-refractivity contribution in [3.05, 3.63) is 18.1 Å². The SMILES string of the molecule is Cc1cc(NC(=O)C(C)S(=O)c2nncn2C(C)C)on1. The molecule has 0 spiro atoms. The Morgan fingerprint density at radius 1 is 1.43 bits per heavy atom. The van der Waals surface area contributed by atoms with Crippen molar-refractivity contribution in [2.24, 2.45) is 0 Å². The topological polar surface area (TPSA) is 103 Å². The third-order valence-corrected chi connectivity index (χ3v) is 4.35. The minimum Gasteiger partial charge on any atom is -0.338 e. The Balaban J connectivity index is 2.11. The van der Waals surface area contributed by atoms with Crippen LogP contribution in [0, 0.1) is 6.92 Å². The summed E-state index contributed by atoms with van der Waals surface area (Å²) in [4.78, 5) is 12.1. The highest BCUT2D eigenvalue weighted by Gasteiger charge is 2.26. The third kappa shape index (κ3) is 3.35. The van der Waals surface area contributed by atoms with Crippen LogP contribution < -0.4 is 5.32 Å². The minimum atomic E-state index is -1.61. The van der Waals surface area contributed by atoms with Gasteiger partial charge in [0.25, 0.3) is 0 Å². The van der Waals surface area contributed by atoms with E-state index < -0.39 is 22.0 Å². The van der Waals surface area contributed by atoms with Crippen LogP contribution in [0.15, 0.2) is 22.1 Å². The highest BCUT2D eigenvalue weighted by atomic mass is 32.2. The summed E-state index contributed by atoms with van der Waals surface area (Å²) < 4.78 is 19.0. The molecule has 1 amide bonds. The van der Waals surface area contributed by atoms with Gasteiger partial charge < -0.3 is 9.09 Å². The van der Waals surface area contributed by atoms with E-state index in [0.29, 0.717) is 5.69 Å². The summed E-state index contributed by atoms with van der Waals surface area (Å²) in [7, 11) is -1.61. The van der Waals surface area contributed by atoms with E-state index in [1.165, 1.54) is 6.33 Å². The van der Waals surface area contributed by atoms with Crippen LogP contribution in [0.1, 0.15) is 32.5 Å². The monoisotopic (exact) mass is 311 g/mol. The molecule has 2 heterocycles. The Morgan fingerprint density at radius 3 is 2.71 bits per heavy atom. The lowest BCUT2D eigenvalue weighted by Crippen LogP contribution is -2.30. The lowest BCUT2D eigenvalue weighted by atomic mass is 10.4. The van der Waals surface area contributed by atoms with Crippen LogP contribution >= 0.6 is 0 Å². The van der Waals surface area contributed by atoms with E-state index in [-0.39, 0.29) is 17.1 Å². The quantitative estimate of drug-likeness (QED) is 0.892. The van der Waals surface area contributed by atoms with Gasteiger partial charge in [0.1, 0.15) is 22.4 Å². The molecule has 0 fully saturated rings. The van der Waals surface area contributed by atoms with E-state index in [9.17, 15) is 9.00 Å². The lowest BCUT2D eigenvalue weighted by molar-refractivity contribution is -0.115. The molecule has 2 aromatic heterocycles. The number of hydrogen-bond acceptors (Lipinski definition) is 6. The number of carbonyl (C=O) groups excluding carboxylic acids is 1. The number of aryl methyl sites for hydroxylation is 1. The second-order valence-corrected chi connectivity index (χ2v) is 6.54. The Labute approximate surface area is 124 Å². The first-order valence-electron chi connectivity index (χ1n) is 6.44. The van der Waals surface area contributed by atoms with E-state index in [1.54, 1.807) is 24.5 Å². The molecular formula is C12H17N5O3S. The summed E-state index contributed by atoms with van der Waals surface area (Å²) in [5, 5.41) is 13.3. The summed E-state index contributed by atoms with van der Waals surface area (Å²) in [6.45, 7) is 7.15. The van der Waals surface area contributed by atoms with E-state index >= 15 is 0 Å². The van der Waals surface area contributed by atoms with Gasteiger partial charge in [0.05, 0.1) is 5.69 Å². The van der Waals surface area contributed by atoms with E-state index in [4.69, 9.17) is 4.52 Å². The maximum atomic E-state index is 12.4. The zero-order chi connectivity index (χ0) is 15.6. The van der Waals surface area contributed by atoms with Crippen molar-refractivity contribution in [1.29, 1.82) is 0 Å². The fraction of sp³-hybridized carbons (Fsp3) is 0.500. The molecule has 2 aromatic rings. The molecule has 1 N–H and O–H groups in total. The molecule has 0 bridgehead atoms. The van der Waals surface area contributed by atoms with Gasteiger partial charge in [0.15, 0.2) is 0 Å². The van der Waals surface area contributed by atoms with Crippen LogP contribution in [0.4, 0.5) is 5.88 Å². The van der Waals surface area contributed by atoms with Crippen molar-refractivity contribution in [2.75, 3.05) is 5.32 Å². The summed E-state index contributed by atoms with van der Waals surface area (Å²) in [6.07, 6.45) is 1.50. The maximum Gasteiger partial charge on any atom is 0.242 e. The molecule has 0 aliphatic rings. The average Bonchev–Trinajstić information content (AvgIpc) is 3.05. The maximum absolute atomic E-state index is 12.4. The van der Waals surface area contributed by atoms with Crippen LogP contribution in [0.2, 0.25) is 0 Å². The van der Waals surface area contributed by atoms with Gasteiger partial charge in [-0.05, 0) is 27.7 Å². The molecule has 0 saturated heterocycles.